The van der Waals surface area contributed by atoms with E-state index in [9.17, 15) is 47.1 Å². The number of carbonyl (C=O) groups excluding carboxylic acids is 3. The van der Waals surface area contributed by atoms with Gasteiger partial charge >= 0.3 is 17.9 Å². The molecule has 3 heterocycles. The maximum atomic E-state index is 14.0. The second-order valence-corrected chi connectivity index (χ2v) is 21.6. The van der Waals surface area contributed by atoms with Gasteiger partial charge in [-0.2, -0.15) is 0 Å². The van der Waals surface area contributed by atoms with Crippen molar-refractivity contribution in [1.29, 1.82) is 0 Å². The average Bonchev–Trinajstić information content (AvgIpc) is 2.04. The van der Waals surface area contributed by atoms with Crippen LogP contribution in [-0.4, -0.2) is 78.3 Å². The van der Waals surface area contributed by atoms with Gasteiger partial charge in [0.05, 0.1) is 19.6 Å². The van der Waals surface area contributed by atoms with Gasteiger partial charge in [-0.15, -0.1) is 0 Å². The van der Waals surface area contributed by atoms with Gasteiger partial charge in [0.15, 0.2) is 0 Å². The van der Waals surface area contributed by atoms with Crippen molar-refractivity contribution in [1.82, 2.24) is 35.4 Å². The molecule has 19 heteroatoms. The Balaban J connectivity index is 0.000000150. The van der Waals surface area contributed by atoms with Gasteiger partial charge in [0.2, 0.25) is 0 Å². The Kier molecular flexibility index (Phi) is 19.5. The van der Waals surface area contributed by atoms with Gasteiger partial charge < -0.3 is 14.6 Å². The van der Waals surface area contributed by atoms with E-state index in [1.165, 1.54) is 57.5 Å². The fraction of sp³-hybridized carbons (Fsp3) is 0.284. The zero-order chi connectivity index (χ0) is 62.0. The van der Waals surface area contributed by atoms with E-state index in [1.54, 1.807) is 125 Å². The van der Waals surface area contributed by atoms with E-state index in [1.807, 2.05) is 25.1 Å². The van der Waals surface area contributed by atoms with Crippen LogP contribution in [0.3, 0.4) is 0 Å². The first-order valence-electron chi connectivity index (χ1n) is 27.7. The number of ether oxygens (including phenoxy) is 2. The number of rotatable bonds is 11. The third-order valence-electron chi connectivity index (χ3n) is 16.8. The molecule has 86 heavy (non-hydrogen) atoms. The first-order valence-corrected chi connectivity index (χ1v) is 27.7. The molecule has 0 unspecified atom stereocenters. The minimum atomic E-state index is -1.20. The predicted octanol–water partition coefficient (Wildman–Crippen LogP) is 12.2. The number of aliphatic carboxylic acids is 1. The number of carbonyl (C=O) groups is 4. The number of allylic oxidation sites excluding steroid dienone is 4. The van der Waals surface area contributed by atoms with E-state index in [2.05, 4.69) is 29.9 Å². The fourth-order valence-electron chi connectivity index (χ4n) is 12.2. The highest BCUT2D eigenvalue weighted by atomic mass is 19.1. The lowest BCUT2D eigenvalue weighted by molar-refractivity contribution is -0.146. The van der Waals surface area contributed by atoms with Gasteiger partial charge in [-0.05, 0) is 171 Å². The van der Waals surface area contributed by atoms with E-state index in [0.717, 1.165) is 45.4 Å². The highest BCUT2D eigenvalue weighted by molar-refractivity contribution is 5.95. The number of carboxylic acid groups (broad SMARTS) is 1. The number of hydrogen-bond acceptors (Lipinski definition) is 13. The summed E-state index contributed by atoms with van der Waals surface area (Å²) >= 11 is 0. The number of nitrogens with one attached hydrogen (secondary N) is 1. The van der Waals surface area contributed by atoms with Crippen LogP contribution < -0.4 is 5.48 Å². The molecule has 0 saturated carbocycles. The first kappa shape index (κ1) is 62.7. The number of amides is 1. The van der Waals surface area contributed by atoms with Gasteiger partial charge in [-0.25, -0.2) is 52.9 Å². The number of hydrogen-bond donors (Lipinski definition) is 3. The van der Waals surface area contributed by atoms with Crippen LogP contribution in [-0.2, 0) is 50.3 Å². The molecule has 4 aliphatic rings. The lowest BCUT2D eigenvalue weighted by atomic mass is 9.77. The molecular formula is C67H65F4N7O8. The number of nitrogens with zero attached hydrogens (tertiary/aromatic N) is 6. The summed E-state index contributed by atoms with van der Waals surface area (Å²) in [5.41, 5.74) is 8.23. The quantitative estimate of drug-likeness (QED) is 0.0361. The molecule has 4 aromatic carbocycles. The third kappa shape index (κ3) is 12.4. The second kappa shape index (κ2) is 26.7. The van der Waals surface area contributed by atoms with Crippen LogP contribution in [0.15, 0.2) is 159 Å². The number of aromatic nitrogens is 6. The van der Waals surface area contributed by atoms with Gasteiger partial charge in [0, 0.05) is 53.9 Å². The van der Waals surface area contributed by atoms with Crippen LogP contribution in [0.25, 0.3) is 16.7 Å². The summed E-state index contributed by atoms with van der Waals surface area (Å²) in [4.78, 5) is 73.0. The van der Waals surface area contributed by atoms with Gasteiger partial charge in [-0.1, -0.05) is 78.4 Å². The number of benzene rings is 4. The van der Waals surface area contributed by atoms with Crippen molar-refractivity contribution in [2.45, 2.75) is 108 Å². The van der Waals surface area contributed by atoms with Crippen molar-refractivity contribution >= 4 is 40.5 Å². The lowest BCUT2D eigenvalue weighted by Crippen LogP contribution is -2.41. The number of hydroxylamine groups is 1. The SMILES string of the molecule is COC(=O)[C@]1(c2cccc(F)c2C)C=C(C)CC1.COC(=O)[C@]1(c2cccc(F)c2C)C=C(c2cncnc2)CC1.Cc1c(F)cccc1[C@@]1(C(=O)NO)C=C(c2cncnc2)CC1.Cc1c(F)cccc1[C@@]1(C(=O)O)C=C(c2cncnc2)CC1. The first-order chi connectivity index (χ1) is 41.2. The van der Waals surface area contributed by atoms with E-state index in [-0.39, 0.29) is 35.2 Å². The molecule has 0 aliphatic heterocycles. The predicted molar refractivity (Wildman–Crippen MR) is 314 cm³/mol. The third-order valence-corrected chi connectivity index (χ3v) is 16.8. The minimum absolute atomic E-state index is 0.284. The van der Waals surface area contributed by atoms with Crippen LogP contribution in [0.1, 0.15) is 119 Å². The maximum absolute atomic E-state index is 14.0. The van der Waals surface area contributed by atoms with Crippen molar-refractivity contribution in [2.24, 2.45) is 0 Å². The molecule has 3 N–H and O–H groups in total. The molecule has 0 bridgehead atoms. The summed E-state index contributed by atoms with van der Waals surface area (Å²) in [6.45, 7) is 8.63. The van der Waals surface area contributed by atoms with Gasteiger partial charge in [0.25, 0.3) is 5.91 Å². The average molecular weight is 1170 g/mol. The normalized spacial score (nSPS) is 20.9. The lowest BCUT2D eigenvalue weighted by Gasteiger charge is -2.27. The molecule has 0 spiro atoms. The van der Waals surface area contributed by atoms with Crippen LogP contribution in [0.2, 0.25) is 0 Å². The zero-order valence-corrected chi connectivity index (χ0v) is 48.6. The van der Waals surface area contributed by atoms with Crippen molar-refractivity contribution in [3.05, 3.63) is 243 Å². The van der Waals surface area contributed by atoms with Crippen LogP contribution >= 0.6 is 0 Å². The Bertz CT molecular complexity index is 3680. The number of halogens is 4. The summed E-state index contributed by atoms with van der Waals surface area (Å²) in [6.07, 6.45) is 26.4. The monoisotopic (exact) mass is 1170 g/mol. The van der Waals surface area contributed by atoms with Crippen molar-refractivity contribution in [2.75, 3.05) is 14.2 Å². The Morgan fingerprint density at radius 3 is 1.06 bits per heavy atom. The van der Waals surface area contributed by atoms with E-state index >= 15 is 0 Å². The van der Waals surface area contributed by atoms with Crippen molar-refractivity contribution < 1.29 is 56.5 Å². The number of carboxylic acids is 1. The summed E-state index contributed by atoms with van der Waals surface area (Å²) in [6, 6.07) is 18.9. The number of esters is 2. The molecule has 7 aromatic rings. The van der Waals surface area contributed by atoms with Gasteiger partial charge in [-0.3, -0.25) is 24.4 Å². The Labute approximate surface area is 495 Å². The zero-order valence-electron chi connectivity index (χ0n) is 48.6. The second-order valence-electron chi connectivity index (χ2n) is 21.6. The standard InChI is InChI=1S/C18H17FN2O2.C17H16FN3O2.C17H15FN2O2.C15H17FO2/c1-12-15(4-3-5-16(12)19)18(17(22)23-2)7-6-13(8-18)14-9-20-11-21-10-14;1-11-14(3-2-4-15(11)18)17(16(22)21-23)6-5-12(7-17)13-8-19-10-20-9-13;1-11-14(3-2-4-15(11)18)17(16(21)22)6-5-12(7-17)13-8-19-10-20-9-13;1-10-7-8-15(9-10,14(17)18-3)12-5-4-6-13(16)11(12)2/h3-5,8-11H,6-7H2,1-2H3;2-4,7-10,23H,5-6H2,1H3,(H,21,22);2-4,7-10H,5-6H2,1H3,(H,21,22);4-6,9H,7-8H2,1-3H3/t18-;2*17-;15-/m0000/s1. The molecule has 0 radical (unpaired) electrons. The molecule has 444 valence electrons. The molecule has 4 aliphatic carbocycles. The summed E-state index contributed by atoms with van der Waals surface area (Å²) in [5.74, 6) is -3.60. The van der Waals surface area contributed by atoms with E-state index < -0.39 is 33.5 Å². The number of methoxy groups -OCH3 is 2. The molecule has 15 nitrogen and oxygen atoms in total. The maximum Gasteiger partial charge on any atom is 0.320 e. The summed E-state index contributed by atoms with van der Waals surface area (Å²) < 4.78 is 65.5. The topological polar surface area (TPSA) is 217 Å². The minimum Gasteiger partial charge on any atom is -0.480 e. The Hall–Kier alpha value is -9.36. The molecule has 11 rings (SSSR count). The van der Waals surface area contributed by atoms with E-state index in [0.29, 0.717) is 89.5 Å². The molecule has 3 aromatic heterocycles. The van der Waals surface area contributed by atoms with Crippen LogP contribution in [0.4, 0.5) is 17.6 Å². The van der Waals surface area contributed by atoms with Crippen LogP contribution in [0, 0.1) is 51.0 Å². The van der Waals surface area contributed by atoms with Crippen LogP contribution in [0.5, 0.6) is 0 Å². The highest BCUT2D eigenvalue weighted by Gasteiger charge is 2.47. The molecule has 0 fully saturated rings. The van der Waals surface area contributed by atoms with E-state index in [4.69, 9.17) is 9.47 Å². The smallest absolute Gasteiger partial charge is 0.320 e. The molecule has 4 atom stereocenters. The summed E-state index contributed by atoms with van der Waals surface area (Å²) in [7, 11) is 2.73. The molecule has 0 saturated heterocycles. The highest BCUT2D eigenvalue weighted by Crippen LogP contribution is 2.48. The molecular weight excluding hydrogens is 1110 g/mol. The molecule has 1 amide bonds. The largest absolute Gasteiger partial charge is 0.480 e. The van der Waals surface area contributed by atoms with Crippen molar-refractivity contribution in [3.8, 4) is 0 Å². The Morgan fingerprint density at radius 2 is 0.733 bits per heavy atom. The van der Waals surface area contributed by atoms with Crippen molar-refractivity contribution in [3.63, 3.8) is 0 Å². The summed E-state index contributed by atoms with van der Waals surface area (Å²) in [5, 5.41) is 19.0. The Morgan fingerprint density at radius 1 is 0.442 bits per heavy atom. The fourth-order valence-corrected chi connectivity index (χ4v) is 12.2. The van der Waals surface area contributed by atoms with Gasteiger partial charge in [0.1, 0.15) is 58.5 Å².